The van der Waals surface area contributed by atoms with E-state index < -0.39 is 0 Å². The minimum absolute atomic E-state index is 0.0942. The van der Waals surface area contributed by atoms with E-state index >= 15 is 0 Å². The lowest BCUT2D eigenvalue weighted by atomic mass is 10.0. The van der Waals surface area contributed by atoms with E-state index in [-0.39, 0.29) is 5.75 Å². The first kappa shape index (κ1) is 27.2. The molecule has 5 rings (SSSR count). The molecule has 0 atom stereocenters. The zero-order valence-electron chi connectivity index (χ0n) is 22.9. The summed E-state index contributed by atoms with van der Waals surface area (Å²) in [6, 6.07) is 32.3. The summed E-state index contributed by atoms with van der Waals surface area (Å²) < 4.78 is 0. The summed E-state index contributed by atoms with van der Waals surface area (Å²) in [6.07, 6.45) is 5.43. The van der Waals surface area contributed by atoms with Gasteiger partial charge in [-0.1, -0.05) is 72.0 Å². The number of nitrogens with zero attached hydrogens (tertiary/aromatic N) is 5. The van der Waals surface area contributed by atoms with E-state index in [0.717, 1.165) is 40.3 Å². The van der Waals surface area contributed by atoms with Crippen molar-refractivity contribution in [2.75, 3.05) is 0 Å². The molecule has 40 heavy (non-hydrogen) atoms. The lowest BCUT2D eigenvalue weighted by Crippen LogP contribution is -2.26. The fourth-order valence-corrected chi connectivity index (χ4v) is 4.98. The Kier molecular flexibility index (Phi) is 9.25. The predicted molar refractivity (Wildman–Crippen MR) is 156 cm³/mol. The molecule has 5 aromatic rings. The molecule has 0 bridgehead atoms. The maximum Gasteiger partial charge on any atom is 0.0544 e. The summed E-state index contributed by atoms with van der Waals surface area (Å²) in [5.41, 5.74) is 6.78. The normalized spacial score (nSPS) is 11.3. The minimum Gasteiger partial charge on any atom is -0.872 e. The van der Waals surface area contributed by atoms with E-state index in [0.29, 0.717) is 32.7 Å². The van der Waals surface area contributed by atoms with Gasteiger partial charge in [0.1, 0.15) is 0 Å². The van der Waals surface area contributed by atoms with Gasteiger partial charge in [-0.2, -0.15) is 0 Å². The van der Waals surface area contributed by atoms with Crippen molar-refractivity contribution in [3.63, 3.8) is 0 Å². The summed E-state index contributed by atoms with van der Waals surface area (Å²) in [6.45, 7) is 5.75. The van der Waals surface area contributed by atoms with Gasteiger partial charge < -0.3 is 5.11 Å². The van der Waals surface area contributed by atoms with Gasteiger partial charge in [-0.3, -0.25) is 24.8 Å². The fraction of sp³-hybridized carbons (Fsp3) is 0.206. The number of pyridine rings is 3. The first-order valence-electron chi connectivity index (χ1n) is 13.6. The van der Waals surface area contributed by atoms with Crippen LogP contribution in [0.2, 0.25) is 0 Å². The van der Waals surface area contributed by atoms with Crippen LogP contribution < -0.4 is 5.11 Å². The maximum absolute atomic E-state index is 13.9. The van der Waals surface area contributed by atoms with Crippen molar-refractivity contribution in [3.05, 3.63) is 155 Å². The highest BCUT2D eigenvalue weighted by Crippen LogP contribution is 2.27. The Morgan fingerprint density at radius 1 is 0.525 bits per heavy atom. The van der Waals surface area contributed by atoms with Crippen LogP contribution in [-0.4, -0.2) is 24.8 Å². The van der Waals surface area contributed by atoms with Crippen LogP contribution in [0, 0.1) is 6.92 Å². The number of hydrogen-bond acceptors (Lipinski definition) is 6. The molecule has 0 spiro atoms. The van der Waals surface area contributed by atoms with Crippen molar-refractivity contribution < 1.29 is 5.11 Å². The molecule has 0 radical (unpaired) electrons. The maximum atomic E-state index is 13.9. The molecule has 0 saturated heterocycles. The number of rotatable bonds is 12. The second kappa shape index (κ2) is 13.6. The summed E-state index contributed by atoms with van der Waals surface area (Å²) >= 11 is 0. The van der Waals surface area contributed by atoms with E-state index in [2.05, 4.69) is 55.9 Å². The van der Waals surface area contributed by atoms with Crippen LogP contribution in [0.1, 0.15) is 39.3 Å². The number of aromatic nitrogens is 3. The van der Waals surface area contributed by atoms with E-state index in [1.807, 2.05) is 79.0 Å². The van der Waals surface area contributed by atoms with E-state index in [9.17, 15) is 5.11 Å². The third-order valence-electron chi connectivity index (χ3n) is 6.76. The Labute approximate surface area is 236 Å². The van der Waals surface area contributed by atoms with Crippen LogP contribution in [0.25, 0.3) is 0 Å². The largest absolute Gasteiger partial charge is 0.872 e. The Morgan fingerprint density at radius 2 is 0.950 bits per heavy atom. The van der Waals surface area contributed by atoms with Crippen LogP contribution in [0.4, 0.5) is 0 Å². The molecule has 0 amide bonds. The molecule has 0 aliphatic heterocycles. The Bertz CT molecular complexity index is 1270. The van der Waals surface area contributed by atoms with Crippen molar-refractivity contribution in [3.8, 4) is 5.75 Å². The summed E-state index contributed by atoms with van der Waals surface area (Å²) in [4.78, 5) is 18.1. The molecule has 0 fully saturated rings. The average Bonchev–Trinajstić information content (AvgIpc) is 2.97. The average molecular weight is 529 g/mol. The molecule has 0 aliphatic rings. The SMILES string of the molecule is Cc1cc(CN(Cc2ccccc2)Cc2ccccn2)c([O-])c(CN(Cc2ccccn2)Cc2ccccn2)c1. The topological polar surface area (TPSA) is 68.2 Å². The Morgan fingerprint density at radius 3 is 1.38 bits per heavy atom. The van der Waals surface area contributed by atoms with Gasteiger partial charge in [-0.15, -0.1) is 0 Å². The second-order valence-electron chi connectivity index (χ2n) is 10.2. The van der Waals surface area contributed by atoms with E-state index in [4.69, 9.17) is 0 Å². The van der Waals surface area contributed by atoms with Crippen LogP contribution in [0.3, 0.4) is 0 Å². The van der Waals surface area contributed by atoms with Crippen molar-refractivity contribution in [2.24, 2.45) is 0 Å². The third kappa shape index (κ3) is 7.82. The fourth-order valence-electron chi connectivity index (χ4n) is 4.98. The molecule has 202 valence electrons. The zero-order valence-corrected chi connectivity index (χ0v) is 22.9. The van der Waals surface area contributed by atoms with Gasteiger partial charge in [0.15, 0.2) is 0 Å². The molecule has 0 unspecified atom stereocenters. The van der Waals surface area contributed by atoms with Gasteiger partial charge >= 0.3 is 0 Å². The van der Waals surface area contributed by atoms with Gasteiger partial charge in [-0.25, -0.2) is 0 Å². The van der Waals surface area contributed by atoms with Crippen molar-refractivity contribution >= 4 is 0 Å². The van der Waals surface area contributed by atoms with Crippen LogP contribution >= 0.6 is 0 Å². The molecular formula is C34H34N5O-. The molecule has 0 saturated carbocycles. The summed E-state index contributed by atoms with van der Waals surface area (Å²) in [5.74, 6) is 0.0942. The monoisotopic (exact) mass is 528 g/mol. The highest BCUT2D eigenvalue weighted by Gasteiger charge is 2.15. The molecule has 3 heterocycles. The second-order valence-corrected chi connectivity index (χ2v) is 10.2. The zero-order chi connectivity index (χ0) is 27.6. The standard InChI is InChI=1S/C34H35N5O/c1-27-19-29(22-38(21-28-11-3-2-4-12-28)24-31-13-5-8-16-35-31)34(40)30(20-27)23-39(25-32-14-6-9-17-36-32)26-33-15-7-10-18-37-33/h2-20,40H,21-26H2,1H3/p-1. The van der Waals surface area contributed by atoms with Crippen LogP contribution in [0.5, 0.6) is 5.75 Å². The van der Waals surface area contributed by atoms with Gasteiger partial charge in [-0.05, 0) is 60.0 Å². The molecule has 0 N–H and O–H groups in total. The third-order valence-corrected chi connectivity index (χ3v) is 6.76. The highest BCUT2D eigenvalue weighted by atomic mass is 16.3. The smallest absolute Gasteiger partial charge is 0.0544 e. The van der Waals surface area contributed by atoms with Crippen LogP contribution in [0.15, 0.2) is 116 Å². The predicted octanol–water partition coefficient (Wildman–Crippen LogP) is 5.66. The van der Waals surface area contributed by atoms with E-state index in [1.165, 1.54) is 5.56 Å². The summed E-state index contributed by atoms with van der Waals surface area (Å²) in [5, 5.41) is 13.9. The quantitative estimate of drug-likeness (QED) is 0.208. The molecule has 2 aromatic carbocycles. The molecule has 3 aromatic heterocycles. The first-order valence-corrected chi connectivity index (χ1v) is 13.6. The molecule has 6 heteroatoms. The van der Waals surface area contributed by atoms with Gasteiger partial charge in [0, 0.05) is 57.9 Å². The van der Waals surface area contributed by atoms with E-state index in [1.54, 1.807) is 12.4 Å². The Balaban J connectivity index is 1.40. The lowest BCUT2D eigenvalue weighted by Gasteiger charge is -2.29. The first-order chi connectivity index (χ1) is 19.6. The number of benzene rings is 2. The Hall–Kier alpha value is -4.39. The molecule has 0 aliphatic carbocycles. The molecular weight excluding hydrogens is 494 g/mol. The number of aryl methyl sites for hydroxylation is 1. The van der Waals surface area contributed by atoms with Gasteiger partial charge in [0.25, 0.3) is 0 Å². The van der Waals surface area contributed by atoms with Crippen molar-refractivity contribution in [1.29, 1.82) is 0 Å². The minimum atomic E-state index is 0.0942. The van der Waals surface area contributed by atoms with Gasteiger partial charge in [0.2, 0.25) is 0 Å². The highest BCUT2D eigenvalue weighted by molar-refractivity contribution is 5.43. The lowest BCUT2D eigenvalue weighted by molar-refractivity contribution is -0.271. The summed E-state index contributed by atoms with van der Waals surface area (Å²) in [7, 11) is 0. The van der Waals surface area contributed by atoms with Crippen LogP contribution in [-0.2, 0) is 39.3 Å². The van der Waals surface area contributed by atoms with Crippen molar-refractivity contribution in [2.45, 2.75) is 46.2 Å². The number of hydrogen-bond donors (Lipinski definition) is 0. The van der Waals surface area contributed by atoms with Gasteiger partial charge in [0.05, 0.1) is 17.1 Å². The molecule has 6 nitrogen and oxygen atoms in total. The van der Waals surface area contributed by atoms with Crippen molar-refractivity contribution in [1.82, 2.24) is 24.8 Å².